The number of nitrogens with one attached hydrogen (secondary N) is 1. The summed E-state index contributed by atoms with van der Waals surface area (Å²) in [7, 11) is 0. The summed E-state index contributed by atoms with van der Waals surface area (Å²) in [6.07, 6.45) is 1.83. The van der Waals surface area contributed by atoms with Crippen molar-refractivity contribution in [2.75, 3.05) is 32.8 Å². The molecule has 0 saturated carbocycles. The molecule has 1 aliphatic rings. The molecule has 1 saturated heterocycles. The van der Waals surface area contributed by atoms with E-state index in [0.717, 1.165) is 32.1 Å². The lowest BCUT2D eigenvalue weighted by atomic mass is 10.1. The largest absolute Gasteiger partial charge is 0.478 e. The van der Waals surface area contributed by atoms with E-state index in [1.807, 2.05) is 13.1 Å². The van der Waals surface area contributed by atoms with Crippen molar-refractivity contribution in [2.45, 2.75) is 19.9 Å². The number of nitrogens with zero attached hydrogens (tertiary/aromatic N) is 2. The van der Waals surface area contributed by atoms with Crippen molar-refractivity contribution < 1.29 is 4.74 Å². The highest BCUT2D eigenvalue weighted by molar-refractivity contribution is 5.23. The second-order valence-corrected chi connectivity index (χ2v) is 4.32. The van der Waals surface area contributed by atoms with Gasteiger partial charge in [-0.05, 0) is 25.5 Å². The monoisotopic (exact) mass is 235 g/mol. The van der Waals surface area contributed by atoms with Crippen LogP contribution in [0.25, 0.3) is 0 Å². The van der Waals surface area contributed by atoms with Gasteiger partial charge < -0.3 is 10.1 Å². The van der Waals surface area contributed by atoms with E-state index in [1.165, 1.54) is 5.56 Å². The van der Waals surface area contributed by atoms with Crippen molar-refractivity contribution in [3.8, 4) is 5.88 Å². The van der Waals surface area contributed by atoms with Crippen LogP contribution in [0.3, 0.4) is 0 Å². The van der Waals surface area contributed by atoms with E-state index in [4.69, 9.17) is 4.74 Å². The van der Waals surface area contributed by atoms with Crippen LogP contribution in [-0.2, 0) is 0 Å². The zero-order chi connectivity index (χ0) is 12.1. The first kappa shape index (κ1) is 12.3. The molecule has 0 bridgehead atoms. The second-order valence-electron chi connectivity index (χ2n) is 4.32. The molecule has 94 valence electrons. The van der Waals surface area contributed by atoms with Crippen molar-refractivity contribution in [2.24, 2.45) is 0 Å². The Morgan fingerprint density at radius 3 is 2.94 bits per heavy atom. The lowest BCUT2D eigenvalue weighted by Gasteiger charge is -2.33. The number of hydrogen-bond donors (Lipinski definition) is 1. The minimum atomic E-state index is 0.430. The van der Waals surface area contributed by atoms with Crippen molar-refractivity contribution in [3.05, 3.63) is 23.9 Å². The van der Waals surface area contributed by atoms with E-state index in [0.29, 0.717) is 12.6 Å². The average Bonchev–Trinajstić information content (AvgIpc) is 2.40. The van der Waals surface area contributed by atoms with Gasteiger partial charge in [0.25, 0.3) is 0 Å². The number of pyridine rings is 1. The minimum Gasteiger partial charge on any atom is -0.478 e. The fraction of sp³-hybridized carbons (Fsp3) is 0.615. The van der Waals surface area contributed by atoms with E-state index in [9.17, 15) is 0 Å². The molecule has 2 heterocycles. The van der Waals surface area contributed by atoms with Crippen molar-refractivity contribution in [1.29, 1.82) is 0 Å². The third-order valence-corrected chi connectivity index (χ3v) is 3.23. The molecular weight excluding hydrogens is 214 g/mol. The van der Waals surface area contributed by atoms with Crippen molar-refractivity contribution in [3.63, 3.8) is 0 Å². The highest BCUT2D eigenvalue weighted by Gasteiger charge is 2.18. The van der Waals surface area contributed by atoms with Crippen LogP contribution in [0.5, 0.6) is 5.88 Å². The van der Waals surface area contributed by atoms with Gasteiger partial charge in [0, 0.05) is 44.5 Å². The Labute approximate surface area is 103 Å². The summed E-state index contributed by atoms with van der Waals surface area (Å²) in [6, 6.07) is 4.56. The Hall–Kier alpha value is -1.13. The van der Waals surface area contributed by atoms with Gasteiger partial charge >= 0.3 is 0 Å². The molecule has 1 aromatic rings. The van der Waals surface area contributed by atoms with Crippen LogP contribution in [-0.4, -0.2) is 42.7 Å². The highest BCUT2D eigenvalue weighted by atomic mass is 16.5. The van der Waals surface area contributed by atoms with Gasteiger partial charge in [0.1, 0.15) is 0 Å². The third kappa shape index (κ3) is 3.17. The average molecular weight is 235 g/mol. The molecule has 0 spiro atoms. The number of hydrogen-bond acceptors (Lipinski definition) is 4. The number of ether oxygens (including phenoxy) is 1. The molecule has 2 rings (SSSR count). The summed E-state index contributed by atoms with van der Waals surface area (Å²) < 4.78 is 5.44. The molecule has 1 N–H and O–H groups in total. The van der Waals surface area contributed by atoms with Crippen LogP contribution >= 0.6 is 0 Å². The summed E-state index contributed by atoms with van der Waals surface area (Å²) in [5.41, 5.74) is 1.28. The number of piperazine rings is 1. The molecular formula is C13H21N3O. The molecule has 17 heavy (non-hydrogen) atoms. The maximum atomic E-state index is 5.44. The molecule has 1 aliphatic heterocycles. The van der Waals surface area contributed by atoms with Crippen LogP contribution in [0.2, 0.25) is 0 Å². The van der Waals surface area contributed by atoms with Gasteiger partial charge in [-0.25, -0.2) is 4.98 Å². The Morgan fingerprint density at radius 2 is 2.24 bits per heavy atom. The standard InChI is InChI=1S/C13H21N3O/c1-3-17-13-10-12(4-5-15-13)11(2)16-8-6-14-7-9-16/h4-5,10-11,14H,3,6-9H2,1-2H3. The smallest absolute Gasteiger partial charge is 0.213 e. The van der Waals surface area contributed by atoms with E-state index in [1.54, 1.807) is 0 Å². The maximum absolute atomic E-state index is 5.44. The molecule has 0 amide bonds. The van der Waals surface area contributed by atoms with Gasteiger partial charge in [-0.15, -0.1) is 0 Å². The number of aromatic nitrogens is 1. The Bertz CT molecular complexity index is 350. The first-order valence-electron chi connectivity index (χ1n) is 6.34. The van der Waals surface area contributed by atoms with E-state index < -0.39 is 0 Å². The Balaban J connectivity index is 2.06. The predicted octanol–water partition coefficient (Wildman–Crippen LogP) is 1.45. The first-order chi connectivity index (χ1) is 8.31. The Kier molecular flexibility index (Phi) is 4.34. The van der Waals surface area contributed by atoms with Crippen LogP contribution in [0.15, 0.2) is 18.3 Å². The number of rotatable bonds is 4. The third-order valence-electron chi connectivity index (χ3n) is 3.23. The normalized spacial score (nSPS) is 18.9. The molecule has 1 aromatic heterocycles. The van der Waals surface area contributed by atoms with Gasteiger partial charge in [0.15, 0.2) is 0 Å². The lowest BCUT2D eigenvalue weighted by molar-refractivity contribution is 0.185. The van der Waals surface area contributed by atoms with Gasteiger partial charge in [0.05, 0.1) is 6.61 Å². The molecule has 0 aliphatic carbocycles. The van der Waals surface area contributed by atoms with Gasteiger partial charge in [-0.1, -0.05) is 0 Å². The van der Waals surface area contributed by atoms with Crippen LogP contribution in [0.1, 0.15) is 25.5 Å². The molecule has 0 aromatic carbocycles. The van der Waals surface area contributed by atoms with E-state index in [-0.39, 0.29) is 0 Å². The summed E-state index contributed by atoms with van der Waals surface area (Å²) in [4.78, 5) is 6.69. The van der Waals surface area contributed by atoms with Crippen molar-refractivity contribution in [1.82, 2.24) is 15.2 Å². The van der Waals surface area contributed by atoms with Crippen LogP contribution in [0.4, 0.5) is 0 Å². The SMILES string of the molecule is CCOc1cc(C(C)N2CCNCC2)ccn1. The van der Waals surface area contributed by atoms with Gasteiger partial charge in [-0.2, -0.15) is 0 Å². The summed E-state index contributed by atoms with van der Waals surface area (Å²) in [6.45, 7) is 9.26. The zero-order valence-corrected chi connectivity index (χ0v) is 10.6. The topological polar surface area (TPSA) is 37.4 Å². The maximum Gasteiger partial charge on any atom is 0.213 e. The summed E-state index contributed by atoms with van der Waals surface area (Å²) >= 11 is 0. The predicted molar refractivity (Wildman–Crippen MR) is 68.3 cm³/mol. The second kappa shape index (κ2) is 5.98. The van der Waals surface area contributed by atoms with Gasteiger partial charge in [-0.3, -0.25) is 4.90 Å². The molecule has 1 unspecified atom stereocenters. The fourth-order valence-electron chi connectivity index (χ4n) is 2.19. The molecule has 4 heteroatoms. The minimum absolute atomic E-state index is 0.430. The Morgan fingerprint density at radius 1 is 1.47 bits per heavy atom. The summed E-state index contributed by atoms with van der Waals surface area (Å²) in [5.74, 6) is 0.729. The van der Waals surface area contributed by atoms with Crippen LogP contribution < -0.4 is 10.1 Å². The first-order valence-corrected chi connectivity index (χ1v) is 6.34. The van der Waals surface area contributed by atoms with Crippen LogP contribution in [0, 0.1) is 0 Å². The molecule has 1 atom stereocenters. The van der Waals surface area contributed by atoms with Crippen molar-refractivity contribution >= 4 is 0 Å². The molecule has 1 fully saturated rings. The van der Waals surface area contributed by atoms with E-state index in [2.05, 4.69) is 34.3 Å². The van der Waals surface area contributed by atoms with Gasteiger partial charge in [0.2, 0.25) is 5.88 Å². The lowest BCUT2D eigenvalue weighted by Crippen LogP contribution is -2.44. The fourth-order valence-corrected chi connectivity index (χ4v) is 2.19. The zero-order valence-electron chi connectivity index (χ0n) is 10.6. The quantitative estimate of drug-likeness (QED) is 0.857. The molecule has 0 radical (unpaired) electrons. The molecule has 4 nitrogen and oxygen atoms in total. The highest BCUT2D eigenvalue weighted by Crippen LogP contribution is 2.22. The van der Waals surface area contributed by atoms with E-state index >= 15 is 0 Å². The summed E-state index contributed by atoms with van der Waals surface area (Å²) in [5, 5.41) is 3.37.